The molecule has 0 bridgehead atoms. The van der Waals surface area contributed by atoms with Crippen molar-refractivity contribution >= 4 is 69.8 Å². The molecule has 0 saturated heterocycles. The average molecular weight is 441 g/mol. The molecule has 1 aromatic heterocycles. The van der Waals surface area contributed by atoms with Crippen molar-refractivity contribution in [1.82, 2.24) is 9.97 Å². The van der Waals surface area contributed by atoms with Crippen molar-refractivity contribution in [3.8, 4) is 0 Å². The summed E-state index contributed by atoms with van der Waals surface area (Å²) in [5.41, 5.74) is 1.26. The molecule has 3 aromatic rings. The Hall–Kier alpha value is -2.13. The predicted octanol–water partition coefficient (Wildman–Crippen LogP) is 4.70. The molecule has 1 amide bonds. The van der Waals surface area contributed by atoms with Crippen molar-refractivity contribution in [2.75, 3.05) is 29.6 Å². The first-order chi connectivity index (χ1) is 13.5. The third-order valence-corrected chi connectivity index (χ3v) is 4.56. The van der Waals surface area contributed by atoms with E-state index in [4.69, 9.17) is 27.9 Å². The number of nitrogens with one attached hydrogen (secondary N) is 2. The van der Waals surface area contributed by atoms with Crippen molar-refractivity contribution in [2.24, 2.45) is 0 Å². The van der Waals surface area contributed by atoms with Gasteiger partial charge in [-0.25, -0.2) is 14.4 Å². The van der Waals surface area contributed by atoms with Crippen LogP contribution in [-0.2, 0) is 9.53 Å². The SMILES string of the molecule is O=C(COCCS)Nc1ccc2ncnc(Nc3cc(Cl)c(Cl)cc3F)c2c1. The van der Waals surface area contributed by atoms with E-state index in [9.17, 15) is 9.18 Å². The van der Waals surface area contributed by atoms with Crippen LogP contribution in [0, 0.1) is 5.82 Å². The summed E-state index contributed by atoms with van der Waals surface area (Å²) in [6.07, 6.45) is 1.35. The molecule has 6 nitrogen and oxygen atoms in total. The zero-order chi connectivity index (χ0) is 20.1. The van der Waals surface area contributed by atoms with Crippen molar-refractivity contribution in [3.05, 3.63) is 52.5 Å². The number of rotatable bonds is 7. The summed E-state index contributed by atoms with van der Waals surface area (Å²) in [7, 11) is 0. The number of aromatic nitrogens is 2. The van der Waals surface area contributed by atoms with Gasteiger partial charge >= 0.3 is 0 Å². The van der Waals surface area contributed by atoms with Crippen LogP contribution in [0.2, 0.25) is 10.0 Å². The van der Waals surface area contributed by atoms with Gasteiger partial charge in [-0.1, -0.05) is 23.2 Å². The van der Waals surface area contributed by atoms with Crippen LogP contribution in [-0.4, -0.2) is 34.8 Å². The maximum Gasteiger partial charge on any atom is 0.250 e. The van der Waals surface area contributed by atoms with E-state index < -0.39 is 5.82 Å². The lowest BCUT2D eigenvalue weighted by atomic mass is 10.2. The summed E-state index contributed by atoms with van der Waals surface area (Å²) in [6.45, 7) is 0.300. The van der Waals surface area contributed by atoms with Gasteiger partial charge < -0.3 is 15.4 Å². The maximum absolute atomic E-state index is 14.2. The predicted molar refractivity (Wildman–Crippen MR) is 113 cm³/mol. The number of anilines is 3. The number of carbonyl (C=O) groups excluding carboxylic acids is 1. The van der Waals surface area contributed by atoms with Crippen molar-refractivity contribution < 1.29 is 13.9 Å². The van der Waals surface area contributed by atoms with Gasteiger partial charge in [0.05, 0.1) is 27.9 Å². The van der Waals surface area contributed by atoms with Crippen LogP contribution in [0.1, 0.15) is 0 Å². The van der Waals surface area contributed by atoms with Crippen molar-refractivity contribution in [2.45, 2.75) is 0 Å². The fourth-order valence-electron chi connectivity index (χ4n) is 2.41. The number of benzene rings is 2. The minimum absolute atomic E-state index is 0.0799. The van der Waals surface area contributed by atoms with Crippen LogP contribution in [0.25, 0.3) is 10.9 Å². The van der Waals surface area contributed by atoms with E-state index in [1.54, 1.807) is 18.2 Å². The summed E-state index contributed by atoms with van der Waals surface area (Å²) < 4.78 is 19.3. The van der Waals surface area contributed by atoms with E-state index in [0.717, 1.165) is 6.07 Å². The topological polar surface area (TPSA) is 76.1 Å². The standard InChI is InChI=1S/C18H15Cl2FN4O2S/c19-12-6-14(21)16(7-13(12)20)25-18-11-5-10(1-2-15(11)22-9-23-18)24-17(26)8-27-3-4-28/h1-2,5-7,9,28H,3-4,8H2,(H,24,26)(H,22,23,25). The Morgan fingerprint density at radius 1 is 1.18 bits per heavy atom. The summed E-state index contributed by atoms with van der Waals surface area (Å²) in [4.78, 5) is 20.3. The molecule has 28 heavy (non-hydrogen) atoms. The first-order valence-corrected chi connectivity index (χ1v) is 9.51. The minimum Gasteiger partial charge on any atom is -0.371 e. The molecule has 10 heteroatoms. The Labute approximate surface area is 175 Å². The van der Waals surface area contributed by atoms with Crippen LogP contribution >= 0.6 is 35.8 Å². The van der Waals surface area contributed by atoms with Crippen LogP contribution in [0.3, 0.4) is 0 Å². The van der Waals surface area contributed by atoms with Crippen LogP contribution in [0.15, 0.2) is 36.7 Å². The molecule has 0 aliphatic carbocycles. The number of halogens is 3. The molecule has 0 radical (unpaired) electrons. The number of carbonyl (C=O) groups is 1. The highest BCUT2D eigenvalue weighted by Gasteiger charge is 2.12. The lowest BCUT2D eigenvalue weighted by molar-refractivity contribution is -0.120. The molecule has 0 unspecified atom stereocenters. The van der Waals surface area contributed by atoms with Crippen molar-refractivity contribution in [3.63, 3.8) is 0 Å². The second kappa shape index (κ2) is 9.38. The number of hydrogen-bond acceptors (Lipinski definition) is 6. The summed E-state index contributed by atoms with van der Waals surface area (Å²) in [6, 6.07) is 7.60. The number of nitrogens with zero attached hydrogens (tertiary/aromatic N) is 2. The van der Waals surface area contributed by atoms with Gasteiger partial charge in [0.1, 0.15) is 24.6 Å². The molecule has 0 saturated carbocycles. The van der Waals surface area contributed by atoms with Crippen LogP contribution in [0.4, 0.5) is 21.6 Å². The fourth-order valence-corrected chi connectivity index (χ4v) is 2.85. The van der Waals surface area contributed by atoms with Gasteiger partial charge in [0.15, 0.2) is 0 Å². The normalized spacial score (nSPS) is 10.9. The summed E-state index contributed by atoms with van der Waals surface area (Å²) >= 11 is 15.8. The van der Waals surface area contributed by atoms with Gasteiger partial charge in [0.2, 0.25) is 5.91 Å². The Kier molecular flexibility index (Phi) is 6.90. The van der Waals surface area contributed by atoms with Gasteiger partial charge in [-0.2, -0.15) is 12.6 Å². The summed E-state index contributed by atoms with van der Waals surface area (Å²) in [5, 5.41) is 6.52. The van der Waals surface area contributed by atoms with E-state index in [0.29, 0.717) is 34.8 Å². The number of thiol groups is 1. The first-order valence-electron chi connectivity index (χ1n) is 8.12. The molecule has 0 fully saturated rings. The first kappa shape index (κ1) is 20.6. The largest absolute Gasteiger partial charge is 0.371 e. The van der Waals surface area contributed by atoms with E-state index in [2.05, 4.69) is 33.2 Å². The van der Waals surface area contributed by atoms with Gasteiger partial charge in [-0.3, -0.25) is 4.79 Å². The van der Waals surface area contributed by atoms with E-state index >= 15 is 0 Å². The van der Waals surface area contributed by atoms with Gasteiger partial charge in [0, 0.05) is 16.8 Å². The molecule has 0 spiro atoms. The number of ether oxygens (including phenoxy) is 1. The molecular formula is C18H15Cl2FN4O2S. The second-order valence-corrected chi connectivity index (χ2v) is 6.91. The highest BCUT2D eigenvalue weighted by Crippen LogP contribution is 2.31. The number of fused-ring (bicyclic) bond motifs is 1. The molecule has 2 N–H and O–H groups in total. The molecule has 1 heterocycles. The molecule has 0 aliphatic heterocycles. The molecule has 0 atom stereocenters. The van der Waals surface area contributed by atoms with E-state index in [1.165, 1.54) is 12.4 Å². The highest BCUT2D eigenvalue weighted by atomic mass is 35.5. The zero-order valence-corrected chi connectivity index (χ0v) is 16.8. The van der Waals surface area contributed by atoms with Crippen molar-refractivity contribution in [1.29, 1.82) is 0 Å². The van der Waals surface area contributed by atoms with E-state index in [1.807, 2.05) is 0 Å². The number of hydrogen-bond donors (Lipinski definition) is 3. The Bertz CT molecular complexity index is 1020. The monoisotopic (exact) mass is 440 g/mol. The Morgan fingerprint density at radius 3 is 2.75 bits per heavy atom. The smallest absolute Gasteiger partial charge is 0.250 e. The van der Waals surface area contributed by atoms with Crippen LogP contribution in [0.5, 0.6) is 0 Å². The quantitative estimate of drug-likeness (QED) is 0.282. The molecule has 146 valence electrons. The van der Waals surface area contributed by atoms with Gasteiger partial charge in [-0.15, -0.1) is 0 Å². The lowest BCUT2D eigenvalue weighted by Crippen LogP contribution is -2.18. The Morgan fingerprint density at radius 2 is 1.96 bits per heavy atom. The highest BCUT2D eigenvalue weighted by molar-refractivity contribution is 7.80. The maximum atomic E-state index is 14.2. The zero-order valence-electron chi connectivity index (χ0n) is 14.4. The molecule has 3 rings (SSSR count). The lowest BCUT2D eigenvalue weighted by Gasteiger charge is -2.12. The van der Waals surface area contributed by atoms with Gasteiger partial charge in [-0.05, 0) is 30.3 Å². The fraction of sp³-hybridized carbons (Fsp3) is 0.167. The van der Waals surface area contributed by atoms with Crippen LogP contribution < -0.4 is 10.6 Å². The third-order valence-electron chi connectivity index (χ3n) is 3.65. The minimum atomic E-state index is -0.577. The van der Waals surface area contributed by atoms with E-state index in [-0.39, 0.29) is 28.2 Å². The third kappa shape index (κ3) is 5.02. The average Bonchev–Trinajstić information content (AvgIpc) is 2.66. The molecule has 2 aromatic carbocycles. The van der Waals surface area contributed by atoms with Gasteiger partial charge in [0.25, 0.3) is 0 Å². The number of amides is 1. The Balaban J connectivity index is 1.87. The second-order valence-electron chi connectivity index (χ2n) is 5.65. The summed E-state index contributed by atoms with van der Waals surface area (Å²) in [5.74, 6) is 0.000602. The molecule has 0 aliphatic rings. The molecular weight excluding hydrogens is 426 g/mol.